The lowest BCUT2D eigenvalue weighted by molar-refractivity contribution is 0.0943. The molecule has 0 aliphatic carbocycles. The Labute approximate surface area is 109 Å². The van der Waals surface area contributed by atoms with E-state index in [0.29, 0.717) is 10.2 Å². The van der Waals surface area contributed by atoms with Gasteiger partial charge in [0.15, 0.2) is 0 Å². The number of pyridine rings is 1. The lowest BCUT2D eigenvalue weighted by atomic mass is 10.2. The molecule has 1 unspecified atom stereocenters. The van der Waals surface area contributed by atoms with Gasteiger partial charge in [0.2, 0.25) is 0 Å². The summed E-state index contributed by atoms with van der Waals surface area (Å²) < 4.78 is 22.7. The number of sulfone groups is 1. The van der Waals surface area contributed by atoms with Gasteiger partial charge >= 0.3 is 0 Å². The molecule has 0 aliphatic heterocycles. The molecule has 0 saturated carbocycles. The van der Waals surface area contributed by atoms with Gasteiger partial charge in [-0.3, -0.25) is 4.79 Å². The molecule has 1 atom stereocenters. The molecular weight excluding hydrogens is 308 g/mol. The molecule has 94 valence electrons. The molecule has 0 radical (unpaired) electrons. The van der Waals surface area contributed by atoms with Crippen LogP contribution in [-0.2, 0) is 9.84 Å². The normalized spacial score (nSPS) is 13.1. The Morgan fingerprint density at radius 3 is 2.65 bits per heavy atom. The maximum atomic E-state index is 11.7. The summed E-state index contributed by atoms with van der Waals surface area (Å²) >= 11 is 3.16. The van der Waals surface area contributed by atoms with E-state index in [1.165, 1.54) is 6.20 Å². The van der Waals surface area contributed by atoms with E-state index in [1.54, 1.807) is 19.1 Å². The second kappa shape index (κ2) is 5.59. The summed E-state index contributed by atoms with van der Waals surface area (Å²) in [5.41, 5.74) is 0.397. The lowest BCUT2D eigenvalue weighted by Crippen LogP contribution is -2.37. The summed E-state index contributed by atoms with van der Waals surface area (Å²) in [5.74, 6) is -0.413. The van der Waals surface area contributed by atoms with Gasteiger partial charge in [-0.05, 0) is 35.0 Å². The zero-order valence-electron chi connectivity index (χ0n) is 9.47. The minimum absolute atomic E-state index is 0.0807. The van der Waals surface area contributed by atoms with Crippen LogP contribution in [0, 0.1) is 0 Å². The largest absolute Gasteiger partial charge is 0.349 e. The van der Waals surface area contributed by atoms with Crippen molar-refractivity contribution in [2.75, 3.05) is 12.0 Å². The summed E-state index contributed by atoms with van der Waals surface area (Å²) in [4.78, 5) is 15.6. The summed E-state index contributed by atoms with van der Waals surface area (Å²) in [6.45, 7) is 1.64. The molecule has 1 N–H and O–H groups in total. The molecular formula is C10H13BrN2O3S. The highest BCUT2D eigenvalue weighted by Crippen LogP contribution is 2.06. The number of carbonyl (C=O) groups is 1. The first kappa shape index (κ1) is 14.1. The number of nitrogens with zero attached hydrogens (tertiary/aromatic N) is 1. The number of hydrogen-bond acceptors (Lipinski definition) is 4. The topological polar surface area (TPSA) is 76.1 Å². The van der Waals surface area contributed by atoms with Crippen molar-refractivity contribution in [1.82, 2.24) is 10.3 Å². The molecule has 5 nitrogen and oxygen atoms in total. The monoisotopic (exact) mass is 320 g/mol. The van der Waals surface area contributed by atoms with E-state index in [9.17, 15) is 13.2 Å². The van der Waals surface area contributed by atoms with Gasteiger partial charge in [-0.15, -0.1) is 0 Å². The molecule has 1 aromatic rings. The SMILES string of the molecule is CC(CS(C)(=O)=O)NC(=O)c1ccc(Br)nc1. The van der Waals surface area contributed by atoms with E-state index in [4.69, 9.17) is 0 Å². The van der Waals surface area contributed by atoms with E-state index < -0.39 is 15.9 Å². The minimum atomic E-state index is -3.10. The Bertz CT molecular complexity index is 499. The van der Waals surface area contributed by atoms with Crippen molar-refractivity contribution < 1.29 is 13.2 Å². The van der Waals surface area contributed by atoms with Gasteiger partial charge in [-0.25, -0.2) is 13.4 Å². The summed E-state index contributed by atoms with van der Waals surface area (Å²) in [7, 11) is -3.10. The van der Waals surface area contributed by atoms with Crippen LogP contribution in [-0.4, -0.2) is 37.4 Å². The highest BCUT2D eigenvalue weighted by Gasteiger charge is 2.14. The van der Waals surface area contributed by atoms with Gasteiger partial charge in [0.05, 0.1) is 11.3 Å². The smallest absolute Gasteiger partial charge is 0.253 e. The molecule has 0 aliphatic rings. The van der Waals surface area contributed by atoms with Crippen LogP contribution in [0.25, 0.3) is 0 Å². The maximum Gasteiger partial charge on any atom is 0.253 e. The van der Waals surface area contributed by atoms with Crippen molar-refractivity contribution in [3.05, 3.63) is 28.5 Å². The number of nitrogens with one attached hydrogen (secondary N) is 1. The number of halogens is 1. The Hall–Kier alpha value is -0.950. The van der Waals surface area contributed by atoms with Crippen molar-refractivity contribution >= 4 is 31.7 Å². The molecule has 17 heavy (non-hydrogen) atoms. The number of carbonyl (C=O) groups excluding carboxylic acids is 1. The van der Waals surface area contributed by atoms with Crippen molar-refractivity contribution in [3.8, 4) is 0 Å². The third-order valence-electron chi connectivity index (χ3n) is 1.92. The Morgan fingerprint density at radius 2 is 2.18 bits per heavy atom. The standard InChI is InChI=1S/C10H13BrN2O3S/c1-7(6-17(2,15)16)13-10(14)8-3-4-9(11)12-5-8/h3-5,7H,6H2,1-2H3,(H,13,14). The quantitative estimate of drug-likeness (QED) is 0.840. The third-order valence-corrected chi connectivity index (χ3v) is 3.49. The highest BCUT2D eigenvalue weighted by molar-refractivity contribution is 9.10. The summed E-state index contributed by atoms with van der Waals surface area (Å²) in [5, 5.41) is 2.60. The molecule has 0 fully saturated rings. The van der Waals surface area contributed by atoms with Gasteiger partial charge < -0.3 is 5.32 Å². The molecule has 1 amide bonds. The van der Waals surface area contributed by atoms with E-state index in [1.807, 2.05) is 0 Å². The zero-order valence-corrected chi connectivity index (χ0v) is 11.9. The van der Waals surface area contributed by atoms with Crippen LogP contribution in [0.2, 0.25) is 0 Å². The molecule has 1 heterocycles. The van der Waals surface area contributed by atoms with Gasteiger partial charge in [0.25, 0.3) is 5.91 Å². The predicted octanol–water partition coefficient (Wildman–Crippen LogP) is 1.01. The molecule has 1 aromatic heterocycles. The van der Waals surface area contributed by atoms with E-state index in [-0.39, 0.29) is 11.7 Å². The van der Waals surface area contributed by atoms with E-state index in [2.05, 4.69) is 26.2 Å². The second-order valence-electron chi connectivity index (χ2n) is 3.84. The number of hydrogen-bond donors (Lipinski definition) is 1. The molecule has 0 spiro atoms. The second-order valence-corrected chi connectivity index (χ2v) is 6.83. The average Bonchev–Trinajstić information content (AvgIpc) is 2.15. The van der Waals surface area contributed by atoms with Crippen LogP contribution in [0.1, 0.15) is 17.3 Å². The van der Waals surface area contributed by atoms with Crippen molar-refractivity contribution in [2.24, 2.45) is 0 Å². The zero-order chi connectivity index (χ0) is 13.1. The molecule has 0 saturated heterocycles. The van der Waals surface area contributed by atoms with Crippen LogP contribution in [0.5, 0.6) is 0 Å². The fourth-order valence-electron chi connectivity index (χ4n) is 1.31. The van der Waals surface area contributed by atoms with E-state index >= 15 is 0 Å². The minimum Gasteiger partial charge on any atom is -0.349 e. The first-order chi connectivity index (χ1) is 7.78. The van der Waals surface area contributed by atoms with Gasteiger partial charge in [0, 0.05) is 18.5 Å². The van der Waals surface area contributed by atoms with Crippen LogP contribution < -0.4 is 5.32 Å². The fraction of sp³-hybridized carbons (Fsp3) is 0.400. The van der Waals surface area contributed by atoms with Crippen LogP contribution in [0.3, 0.4) is 0 Å². The molecule has 0 aromatic carbocycles. The van der Waals surface area contributed by atoms with Crippen LogP contribution >= 0.6 is 15.9 Å². The Kier molecular flexibility index (Phi) is 4.64. The van der Waals surface area contributed by atoms with Crippen molar-refractivity contribution in [1.29, 1.82) is 0 Å². The Balaban J connectivity index is 2.63. The van der Waals surface area contributed by atoms with Gasteiger partial charge in [0.1, 0.15) is 14.4 Å². The third kappa shape index (κ3) is 5.27. The summed E-state index contributed by atoms with van der Waals surface area (Å²) in [6.07, 6.45) is 2.56. The number of rotatable bonds is 4. The van der Waals surface area contributed by atoms with Crippen molar-refractivity contribution in [3.63, 3.8) is 0 Å². The molecule has 7 heteroatoms. The molecule has 0 bridgehead atoms. The summed E-state index contributed by atoms with van der Waals surface area (Å²) in [6, 6.07) is 2.83. The predicted molar refractivity (Wildman–Crippen MR) is 68.6 cm³/mol. The lowest BCUT2D eigenvalue weighted by Gasteiger charge is -2.12. The first-order valence-corrected chi connectivity index (χ1v) is 7.73. The fourth-order valence-corrected chi connectivity index (χ4v) is 2.54. The highest BCUT2D eigenvalue weighted by atomic mass is 79.9. The number of aromatic nitrogens is 1. The van der Waals surface area contributed by atoms with Gasteiger partial charge in [-0.1, -0.05) is 0 Å². The number of amides is 1. The molecule has 1 rings (SSSR count). The Morgan fingerprint density at radius 1 is 1.53 bits per heavy atom. The first-order valence-electron chi connectivity index (χ1n) is 4.88. The average molecular weight is 321 g/mol. The van der Waals surface area contributed by atoms with Gasteiger partial charge in [-0.2, -0.15) is 0 Å². The maximum absolute atomic E-state index is 11.7. The van der Waals surface area contributed by atoms with Crippen molar-refractivity contribution in [2.45, 2.75) is 13.0 Å². The van der Waals surface area contributed by atoms with E-state index in [0.717, 1.165) is 6.26 Å². The van der Waals surface area contributed by atoms with Crippen LogP contribution in [0.4, 0.5) is 0 Å². The van der Waals surface area contributed by atoms with Crippen LogP contribution in [0.15, 0.2) is 22.9 Å².